The maximum absolute atomic E-state index is 12.8. The third kappa shape index (κ3) is 1.38. The Bertz CT molecular complexity index is 613. The Morgan fingerprint density at radius 3 is 2.63 bits per heavy atom. The molecule has 2 atom stereocenters. The highest BCUT2D eigenvalue weighted by Crippen LogP contribution is 2.67. The van der Waals surface area contributed by atoms with Gasteiger partial charge in [0.2, 0.25) is 0 Å². The number of carboxylic acids is 1. The number of rotatable bonds is 1. The fraction of sp³-hybridized carbons (Fsp3) is 0.417. The number of aliphatic carboxylic acids is 1. The first-order chi connectivity index (χ1) is 8.62. The van der Waals surface area contributed by atoms with Crippen molar-refractivity contribution in [1.82, 2.24) is 0 Å². The zero-order valence-electron chi connectivity index (χ0n) is 9.64. The number of alkyl halides is 3. The molecule has 7 heteroatoms. The molecule has 1 aromatic carbocycles. The summed E-state index contributed by atoms with van der Waals surface area (Å²) in [7, 11) is 0. The first kappa shape index (κ1) is 12.6. The molecule has 2 aliphatic rings. The first-order valence-electron chi connectivity index (χ1n) is 5.45. The van der Waals surface area contributed by atoms with E-state index in [0.717, 1.165) is 12.1 Å². The summed E-state index contributed by atoms with van der Waals surface area (Å²) in [6.45, 7) is 1.57. The van der Waals surface area contributed by atoms with Crippen molar-refractivity contribution >= 4 is 17.6 Å². The number of carbonyl (C=O) groups is 1. The van der Waals surface area contributed by atoms with E-state index >= 15 is 0 Å². The van der Waals surface area contributed by atoms with E-state index in [1.807, 2.05) is 0 Å². The highest BCUT2D eigenvalue weighted by Gasteiger charge is 2.78. The summed E-state index contributed by atoms with van der Waals surface area (Å²) in [5.41, 5.74) is -3.34. The van der Waals surface area contributed by atoms with E-state index in [9.17, 15) is 23.1 Å². The molecule has 0 radical (unpaired) electrons. The summed E-state index contributed by atoms with van der Waals surface area (Å²) >= 11 is 5.58. The molecule has 19 heavy (non-hydrogen) atoms. The molecule has 1 aliphatic carbocycles. The minimum Gasteiger partial charge on any atom is -0.486 e. The fourth-order valence-electron chi connectivity index (χ4n) is 2.82. The summed E-state index contributed by atoms with van der Waals surface area (Å²) in [5.74, 6) is -1.06. The van der Waals surface area contributed by atoms with Crippen LogP contribution in [0.15, 0.2) is 12.1 Å². The van der Waals surface area contributed by atoms with Gasteiger partial charge in [0, 0.05) is 12.0 Å². The topological polar surface area (TPSA) is 46.5 Å². The number of benzene rings is 1. The van der Waals surface area contributed by atoms with Crippen molar-refractivity contribution in [3.8, 4) is 5.75 Å². The van der Waals surface area contributed by atoms with Crippen molar-refractivity contribution in [3.05, 3.63) is 28.3 Å². The number of hydrogen-bond acceptors (Lipinski definition) is 2. The Labute approximate surface area is 110 Å². The van der Waals surface area contributed by atoms with Crippen LogP contribution < -0.4 is 4.74 Å². The minimum absolute atomic E-state index is 0.0548. The molecule has 1 fully saturated rings. The second kappa shape index (κ2) is 3.17. The lowest BCUT2D eigenvalue weighted by Crippen LogP contribution is -2.28. The van der Waals surface area contributed by atoms with Gasteiger partial charge in [0.1, 0.15) is 16.8 Å². The van der Waals surface area contributed by atoms with E-state index in [4.69, 9.17) is 16.3 Å². The van der Waals surface area contributed by atoms with Crippen LogP contribution in [-0.4, -0.2) is 16.7 Å². The molecule has 0 spiro atoms. The molecule has 1 heterocycles. The molecule has 3 rings (SSSR count). The summed E-state index contributed by atoms with van der Waals surface area (Å²) in [4.78, 5) is 11.4. The van der Waals surface area contributed by atoms with Crippen LogP contribution in [-0.2, 0) is 16.4 Å². The average Bonchev–Trinajstić information content (AvgIpc) is 2.76. The van der Waals surface area contributed by atoms with Crippen LogP contribution in [0.2, 0.25) is 5.02 Å². The van der Waals surface area contributed by atoms with Crippen LogP contribution in [0.4, 0.5) is 13.2 Å². The zero-order valence-corrected chi connectivity index (χ0v) is 10.4. The molecule has 0 saturated heterocycles. The number of carboxylic acid groups (broad SMARTS) is 1. The fourth-order valence-corrected chi connectivity index (χ4v) is 3.08. The second-order valence-electron chi connectivity index (χ2n) is 5.05. The molecular formula is C12H8ClF3O3. The molecule has 2 unspecified atom stereocenters. The SMILES string of the molecule is CC12CC1(C(=O)O)c1cc(C(F)(F)F)c(Cl)cc1O2. The van der Waals surface area contributed by atoms with E-state index in [2.05, 4.69) is 0 Å². The van der Waals surface area contributed by atoms with Crippen LogP contribution in [0.3, 0.4) is 0 Å². The van der Waals surface area contributed by atoms with Gasteiger partial charge in [-0.15, -0.1) is 0 Å². The molecule has 0 bridgehead atoms. The average molecular weight is 293 g/mol. The van der Waals surface area contributed by atoms with E-state index in [-0.39, 0.29) is 17.7 Å². The van der Waals surface area contributed by atoms with Gasteiger partial charge >= 0.3 is 12.1 Å². The van der Waals surface area contributed by atoms with Gasteiger partial charge in [0.15, 0.2) is 0 Å². The maximum Gasteiger partial charge on any atom is 0.417 e. The maximum atomic E-state index is 12.8. The van der Waals surface area contributed by atoms with Crippen LogP contribution in [0.5, 0.6) is 5.75 Å². The number of fused-ring (bicyclic) bond motifs is 3. The van der Waals surface area contributed by atoms with Gasteiger partial charge in [-0.1, -0.05) is 11.6 Å². The third-order valence-corrected chi connectivity index (χ3v) is 4.23. The van der Waals surface area contributed by atoms with Crippen LogP contribution in [0, 0.1) is 0 Å². The predicted molar refractivity (Wildman–Crippen MR) is 59.4 cm³/mol. The smallest absolute Gasteiger partial charge is 0.417 e. The predicted octanol–water partition coefficient (Wildman–Crippen LogP) is 3.24. The number of halogens is 4. The standard InChI is InChI=1S/C12H8ClF3O3/c1-10-4-11(10,9(17)18)6-2-5(12(14,15)16)7(13)3-8(6)19-10/h2-3H,4H2,1H3,(H,17,18). The van der Waals surface area contributed by atoms with Crippen molar-refractivity contribution < 1.29 is 27.8 Å². The minimum atomic E-state index is -4.63. The lowest BCUT2D eigenvalue weighted by Gasteiger charge is -2.13. The van der Waals surface area contributed by atoms with Gasteiger partial charge < -0.3 is 9.84 Å². The van der Waals surface area contributed by atoms with Gasteiger partial charge in [0.25, 0.3) is 0 Å². The van der Waals surface area contributed by atoms with Crippen molar-refractivity contribution in [3.63, 3.8) is 0 Å². The van der Waals surface area contributed by atoms with Crippen molar-refractivity contribution in [1.29, 1.82) is 0 Å². The van der Waals surface area contributed by atoms with E-state index < -0.39 is 33.7 Å². The summed E-state index contributed by atoms with van der Waals surface area (Å²) in [6.07, 6.45) is -4.46. The largest absolute Gasteiger partial charge is 0.486 e. The zero-order chi connectivity index (χ0) is 14.2. The van der Waals surface area contributed by atoms with Gasteiger partial charge in [-0.3, -0.25) is 4.79 Å². The molecule has 0 aromatic heterocycles. The molecule has 102 valence electrons. The normalized spacial score (nSPS) is 31.4. The van der Waals surface area contributed by atoms with Crippen molar-refractivity contribution in [2.24, 2.45) is 0 Å². The van der Waals surface area contributed by atoms with Gasteiger partial charge in [-0.05, 0) is 19.1 Å². The van der Waals surface area contributed by atoms with E-state index in [0.29, 0.717) is 0 Å². The molecule has 1 saturated carbocycles. The Morgan fingerprint density at radius 1 is 1.47 bits per heavy atom. The third-order valence-electron chi connectivity index (χ3n) is 3.92. The molecule has 1 N–H and O–H groups in total. The van der Waals surface area contributed by atoms with Gasteiger partial charge in [0.05, 0.1) is 10.6 Å². The molecule has 1 aromatic rings. The quantitative estimate of drug-likeness (QED) is 0.864. The lowest BCUT2D eigenvalue weighted by atomic mass is 9.92. The highest BCUT2D eigenvalue weighted by molar-refractivity contribution is 6.31. The van der Waals surface area contributed by atoms with Gasteiger partial charge in [-0.2, -0.15) is 13.2 Å². The lowest BCUT2D eigenvalue weighted by molar-refractivity contribution is -0.141. The van der Waals surface area contributed by atoms with E-state index in [1.54, 1.807) is 6.92 Å². The first-order valence-corrected chi connectivity index (χ1v) is 5.83. The molecular weight excluding hydrogens is 285 g/mol. The molecule has 0 amide bonds. The molecule has 1 aliphatic heterocycles. The Morgan fingerprint density at radius 2 is 2.11 bits per heavy atom. The monoisotopic (exact) mass is 292 g/mol. The summed E-state index contributed by atoms with van der Waals surface area (Å²) in [6, 6.07) is 1.84. The Balaban J connectivity index is 2.22. The van der Waals surface area contributed by atoms with Gasteiger partial charge in [-0.25, -0.2) is 0 Å². The van der Waals surface area contributed by atoms with Crippen LogP contribution in [0.25, 0.3) is 0 Å². The highest BCUT2D eigenvalue weighted by atomic mass is 35.5. The van der Waals surface area contributed by atoms with Crippen molar-refractivity contribution in [2.75, 3.05) is 0 Å². The van der Waals surface area contributed by atoms with Crippen LogP contribution in [0.1, 0.15) is 24.5 Å². The second-order valence-corrected chi connectivity index (χ2v) is 5.45. The Kier molecular flexibility index (Phi) is 2.10. The molecule has 3 nitrogen and oxygen atoms in total. The van der Waals surface area contributed by atoms with E-state index in [1.165, 1.54) is 0 Å². The summed E-state index contributed by atoms with van der Waals surface area (Å²) < 4.78 is 43.9. The van der Waals surface area contributed by atoms with Crippen LogP contribution >= 0.6 is 11.6 Å². The number of hydrogen-bond donors (Lipinski definition) is 1. The number of ether oxygens (including phenoxy) is 1. The Hall–Kier alpha value is -1.43. The van der Waals surface area contributed by atoms with Crippen molar-refractivity contribution in [2.45, 2.75) is 30.5 Å². The summed E-state index contributed by atoms with van der Waals surface area (Å²) in [5, 5.41) is 8.81.